The summed E-state index contributed by atoms with van der Waals surface area (Å²) in [5, 5.41) is 5.82. The predicted molar refractivity (Wildman–Crippen MR) is 81.6 cm³/mol. The third-order valence-corrected chi connectivity index (χ3v) is 3.38. The van der Waals surface area contributed by atoms with Gasteiger partial charge in [0.25, 0.3) is 0 Å². The zero-order valence-corrected chi connectivity index (χ0v) is 12.9. The summed E-state index contributed by atoms with van der Waals surface area (Å²) in [7, 11) is 0. The Morgan fingerprint density at radius 3 is 2.86 bits per heavy atom. The minimum Gasteiger partial charge on any atom is -0.492 e. The van der Waals surface area contributed by atoms with Crippen LogP contribution >= 0.6 is 11.6 Å². The molecule has 1 aromatic rings. The van der Waals surface area contributed by atoms with Crippen molar-refractivity contribution in [2.24, 2.45) is 5.92 Å². The standard InChI is InChI=1S/C15H19ClN2O3/c1-9(2)8-21-13-5-3-10(7-11(13)16)17-15(20)12-4-6-14(19)18-12/h3,5,7,9,12H,4,6,8H2,1-2H3,(H,17,20)(H,18,19)/t12-/m1/s1. The van der Waals surface area contributed by atoms with Gasteiger partial charge >= 0.3 is 0 Å². The Labute approximate surface area is 129 Å². The van der Waals surface area contributed by atoms with E-state index in [4.69, 9.17) is 16.3 Å². The number of carbonyl (C=O) groups excluding carboxylic acids is 2. The summed E-state index contributed by atoms with van der Waals surface area (Å²) in [4.78, 5) is 23.1. The van der Waals surface area contributed by atoms with Gasteiger partial charge in [0.15, 0.2) is 0 Å². The van der Waals surface area contributed by atoms with Crippen LogP contribution in [0.3, 0.4) is 0 Å². The van der Waals surface area contributed by atoms with Crippen LogP contribution in [0.5, 0.6) is 5.75 Å². The van der Waals surface area contributed by atoms with Crippen LogP contribution in [0.1, 0.15) is 26.7 Å². The van der Waals surface area contributed by atoms with E-state index in [2.05, 4.69) is 24.5 Å². The highest BCUT2D eigenvalue weighted by Crippen LogP contribution is 2.28. The molecule has 6 heteroatoms. The highest BCUT2D eigenvalue weighted by molar-refractivity contribution is 6.32. The maximum absolute atomic E-state index is 12.0. The van der Waals surface area contributed by atoms with Crippen molar-refractivity contribution in [3.8, 4) is 5.75 Å². The summed E-state index contributed by atoms with van der Waals surface area (Å²) in [6, 6.07) is 4.64. The number of rotatable bonds is 5. The van der Waals surface area contributed by atoms with E-state index in [0.29, 0.717) is 41.8 Å². The molecule has 1 aromatic carbocycles. The molecule has 0 aliphatic carbocycles. The van der Waals surface area contributed by atoms with Gasteiger partial charge in [-0.15, -0.1) is 0 Å². The number of anilines is 1. The monoisotopic (exact) mass is 310 g/mol. The molecule has 1 aliphatic heterocycles. The summed E-state index contributed by atoms with van der Waals surface area (Å²) < 4.78 is 5.57. The molecule has 1 fully saturated rings. The van der Waals surface area contributed by atoms with E-state index in [1.807, 2.05) is 0 Å². The number of halogens is 1. The molecular formula is C15H19ClN2O3. The average Bonchev–Trinajstić information content (AvgIpc) is 2.84. The van der Waals surface area contributed by atoms with Gasteiger partial charge in [0.2, 0.25) is 11.8 Å². The lowest BCUT2D eigenvalue weighted by molar-refractivity contribution is -0.122. The van der Waals surface area contributed by atoms with Crippen molar-refractivity contribution in [2.75, 3.05) is 11.9 Å². The van der Waals surface area contributed by atoms with Gasteiger partial charge in [-0.3, -0.25) is 9.59 Å². The number of carbonyl (C=O) groups is 2. The fourth-order valence-electron chi connectivity index (χ4n) is 1.99. The van der Waals surface area contributed by atoms with Gasteiger partial charge in [-0.25, -0.2) is 0 Å². The second-order valence-corrected chi connectivity index (χ2v) is 5.91. The molecule has 0 saturated carbocycles. The topological polar surface area (TPSA) is 67.4 Å². The first-order valence-electron chi connectivity index (χ1n) is 6.98. The molecule has 0 radical (unpaired) electrons. The van der Waals surface area contributed by atoms with Gasteiger partial charge in [-0.1, -0.05) is 25.4 Å². The Balaban J connectivity index is 1.96. The van der Waals surface area contributed by atoms with Crippen molar-refractivity contribution in [3.05, 3.63) is 23.2 Å². The quantitative estimate of drug-likeness (QED) is 0.878. The van der Waals surface area contributed by atoms with Crippen LogP contribution in [-0.2, 0) is 9.59 Å². The van der Waals surface area contributed by atoms with E-state index in [0.717, 1.165) is 0 Å². The molecule has 0 bridgehead atoms. The third kappa shape index (κ3) is 4.36. The van der Waals surface area contributed by atoms with Crippen LogP contribution in [0.2, 0.25) is 5.02 Å². The van der Waals surface area contributed by atoms with Crippen LogP contribution in [0, 0.1) is 5.92 Å². The molecule has 0 aromatic heterocycles. The molecule has 1 atom stereocenters. The summed E-state index contributed by atoms with van der Waals surface area (Å²) >= 11 is 6.13. The highest BCUT2D eigenvalue weighted by atomic mass is 35.5. The average molecular weight is 311 g/mol. The summed E-state index contributed by atoms with van der Waals surface area (Å²) in [6.45, 7) is 4.69. The molecule has 0 unspecified atom stereocenters. The summed E-state index contributed by atoms with van der Waals surface area (Å²) in [5.41, 5.74) is 0.586. The largest absolute Gasteiger partial charge is 0.492 e. The summed E-state index contributed by atoms with van der Waals surface area (Å²) in [6.07, 6.45) is 0.912. The lowest BCUT2D eigenvalue weighted by Gasteiger charge is -2.13. The molecule has 5 nitrogen and oxygen atoms in total. The Hall–Kier alpha value is -1.75. The van der Waals surface area contributed by atoms with Crippen molar-refractivity contribution in [1.29, 1.82) is 0 Å². The van der Waals surface area contributed by atoms with Gasteiger partial charge in [0.1, 0.15) is 11.8 Å². The van der Waals surface area contributed by atoms with Crippen LogP contribution in [0.4, 0.5) is 5.69 Å². The Morgan fingerprint density at radius 1 is 1.52 bits per heavy atom. The Kier molecular flexibility index (Phi) is 5.07. The van der Waals surface area contributed by atoms with Crippen molar-refractivity contribution in [1.82, 2.24) is 5.32 Å². The fourth-order valence-corrected chi connectivity index (χ4v) is 2.23. The van der Waals surface area contributed by atoms with Crippen molar-refractivity contribution in [2.45, 2.75) is 32.7 Å². The van der Waals surface area contributed by atoms with E-state index < -0.39 is 6.04 Å². The van der Waals surface area contributed by atoms with Gasteiger partial charge in [0.05, 0.1) is 11.6 Å². The number of ether oxygens (including phenoxy) is 1. The molecular weight excluding hydrogens is 292 g/mol. The van der Waals surface area contributed by atoms with Crippen molar-refractivity contribution < 1.29 is 14.3 Å². The first-order chi connectivity index (χ1) is 9.95. The molecule has 21 heavy (non-hydrogen) atoms. The van der Waals surface area contributed by atoms with Crippen molar-refractivity contribution >= 4 is 29.1 Å². The molecule has 2 rings (SSSR count). The SMILES string of the molecule is CC(C)COc1ccc(NC(=O)[C@H]2CCC(=O)N2)cc1Cl. The smallest absolute Gasteiger partial charge is 0.246 e. The van der Waals surface area contributed by atoms with E-state index in [-0.39, 0.29) is 11.8 Å². The zero-order valence-electron chi connectivity index (χ0n) is 12.1. The lowest BCUT2D eigenvalue weighted by Crippen LogP contribution is -2.37. The first kappa shape index (κ1) is 15.6. The minimum absolute atomic E-state index is 0.0920. The molecule has 2 N–H and O–H groups in total. The molecule has 1 saturated heterocycles. The lowest BCUT2D eigenvalue weighted by atomic mass is 10.2. The Bertz CT molecular complexity index is 546. The maximum Gasteiger partial charge on any atom is 0.246 e. The van der Waals surface area contributed by atoms with Gasteiger partial charge in [-0.2, -0.15) is 0 Å². The molecule has 1 heterocycles. The van der Waals surface area contributed by atoms with Crippen molar-refractivity contribution in [3.63, 3.8) is 0 Å². The number of benzene rings is 1. The van der Waals surface area contributed by atoms with E-state index in [9.17, 15) is 9.59 Å². The zero-order chi connectivity index (χ0) is 15.4. The Morgan fingerprint density at radius 2 is 2.29 bits per heavy atom. The minimum atomic E-state index is -0.465. The number of hydrogen-bond donors (Lipinski definition) is 2. The molecule has 0 spiro atoms. The molecule has 2 amide bonds. The normalized spacial score (nSPS) is 17.7. The van der Waals surface area contributed by atoms with Crippen LogP contribution < -0.4 is 15.4 Å². The third-order valence-electron chi connectivity index (χ3n) is 3.08. The van der Waals surface area contributed by atoms with E-state index >= 15 is 0 Å². The van der Waals surface area contributed by atoms with Gasteiger partial charge in [-0.05, 0) is 30.5 Å². The number of hydrogen-bond acceptors (Lipinski definition) is 3. The van der Waals surface area contributed by atoms with E-state index in [1.165, 1.54) is 0 Å². The van der Waals surface area contributed by atoms with Crippen LogP contribution in [-0.4, -0.2) is 24.5 Å². The molecule has 114 valence electrons. The number of nitrogens with one attached hydrogen (secondary N) is 2. The highest BCUT2D eigenvalue weighted by Gasteiger charge is 2.27. The van der Waals surface area contributed by atoms with Crippen LogP contribution in [0.25, 0.3) is 0 Å². The number of amides is 2. The van der Waals surface area contributed by atoms with E-state index in [1.54, 1.807) is 18.2 Å². The first-order valence-corrected chi connectivity index (χ1v) is 7.36. The summed E-state index contributed by atoms with van der Waals surface area (Å²) in [5.74, 6) is 0.683. The maximum atomic E-state index is 12.0. The van der Waals surface area contributed by atoms with Crippen LogP contribution in [0.15, 0.2) is 18.2 Å². The predicted octanol–water partition coefficient (Wildman–Crippen LogP) is 2.59. The second kappa shape index (κ2) is 6.80. The van der Waals surface area contributed by atoms with Gasteiger partial charge in [0, 0.05) is 12.1 Å². The fraction of sp³-hybridized carbons (Fsp3) is 0.467. The second-order valence-electron chi connectivity index (χ2n) is 5.50. The molecule has 1 aliphatic rings. The van der Waals surface area contributed by atoms with Gasteiger partial charge < -0.3 is 15.4 Å².